The number of rotatable bonds is 4. The largest absolute Gasteiger partial charge is 0.345 e. The predicted octanol–water partition coefficient (Wildman–Crippen LogP) is 1.37. The molecule has 0 radical (unpaired) electrons. The Bertz CT molecular complexity index is 384. The number of aromatic nitrogens is 1. The lowest BCUT2D eigenvalue weighted by atomic mass is 10.2. The Balaban J connectivity index is 2.09. The average molecular weight is 239 g/mol. The van der Waals surface area contributed by atoms with Crippen LogP contribution in [0.15, 0.2) is 5.38 Å². The Morgan fingerprint density at radius 3 is 2.81 bits per heavy atom. The maximum Gasteiger partial charge on any atom is 0.237 e. The third-order valence-electron chi connectivity index (χ3n) is 2.71. The predicted molar refractivity (Wildman–Crippen MR) is 64.1 cm³/mol. The van der Waals surface area contributed by atoms with Crippen LogP contribution in [-0.2, 0) is 4.79 Å². The molecule has 0 spiro atoms. The second-order valence-corrected chi connectivity index (χ2v) is 5.33. The minimum absolute atomic E-state index is 0.0669. The van der Waals surface area contributed by atoms with Gasteiger partial charge in [0.1, 0.15) is 5.01 Å². The summed E-state index contributed by atoms with van der Waals surface area (Å²) < 4.78 is 0. The zero-order valence-electron chi connectivity index (χ0n) is 9.56. The van der Waals surface area contributed by atoms with E-state index in [4.69, 9.17) is 5.73 Å². The van der Waals surface area contributed by atoms with E-state index in [1.54, 1.807) is 18.3 Å². The van der Waals surface area contributed by atoms with Gasteiger partial charge in [-0.3, -0.25) is 4.79 Å². The highest BCUT2D eigenvalue weighted by Gasteiger charge is 2.35. The van der Waals surface area contributed by atoms with Gasteiger partial charge in [0.2, 0.25) is 5.91 Å². The van der Waals surface area contributed by atoms with Crippen molar-refractivity contribution in [3.05, 3.63) is 16.1 Å². The minimum atomic E-state index is -0.456. The maximum atomic E-state index is 11.6. The van der Waals surface area contributed by atoms with Crippen LogP contribution < -0.4 is 11.1 Å². The monoisotopic (exact) mass is 239 g/mol. The summed E-state index contributed by atoms with van der Waals surface area (Å²) in [6.07, 6.45) is 2.34. The SMILES string of the molecule is Cc1csc(C(NC(=O)[C@@H](C)N)C2CC2)n1. The standard InChI is InChI=1S/C11H17N3OS/c1-6-5-16-11(13-6)9(8-3-4-8)14-10(15)7(2)12/h5,7-9H,3-4,12H2,1-2H3,(H,14,15)/t7-,9?/m1/s1. The van der Waals surface area contributed by atoms with Crippen LogP contribution in [0.3, 0.4) is 0 Å². The van der Waals surface area contributed by atoms with Crippen molar-refractivity contribution in [2.24, 2.45) is 11.7 Å². The summed E-state index contributed by atoms with van der Waals surface area (Å²) in [5.74, 6) is 0.456. The molecule has 0 saturated heterocycles. The van der Waals surface area contributed by atoms with Gasteiger partial charge in [-0.1, -0.05) is 0 Å². The maximum absolute atomic E-state index is 11.6. The van der Waals surface area contributed by atoms with Gasteiger partial charge in [-0.25, -0.2) is 4.98 Å². The molecule has 1 aliphatic carbocycles. The lowest BCUT2D eigenvalue weighted by Crippen LogP contribution is -2.40. The van der Waals surface area contributed by atoms with Gasteiger partial charge in [-0.15, -0.1) is 11.3 Å². The molecule has 2 rings (SSSR count). The Morgan fingerprint density at radius 1 is 1.69 bits per heavy atom. The van der Waals surface area contributed by atoms with Crippen LogP contribution in [0.25, 0.3) is 0 Å². The second-order valence-electron chi connectivity index (χ2n) is 4.44. The fourth-order valence-corrected chi connectivity index (χ4v) is 2.55. The first kappa shape index (κ1) is 11.5. The minimum Gasteiger partial charge on any atom is -0.345 e. The topological polar surface area (TPSA) is 68.0 Å². The Labute approximate surface area is 99.3 Å². The smallest absolute Gasteiger partial charge is 0.237 e. The molecule has 1 heterocycles. The van der Waals surface area contributed by atoms with Crippen LogP contribution in [0.1, 0.15) is 36.5 Å². The van der Waals surface area contributed by atoms with Gasteiger partial charge in [-0.2, -0.15) is 0 Å². The van der Waals surface area contributed by atoms with Crippen molar-refractivity contribution in [2.45, 2.75) is 38.8 Å². The van der Waals surface area contributed by atoms with E-state index in [1.165, 1.54) is 12.8 Å². The summed E-state index contributed by atoms with van der Waals surface area (Å²) in [6, 6.07) is -0.389. The first-order valence-corrected chi connectivity index (χ1v) is 6.44. The molecule has 1 aromatic heterocycles. The van der Waals surface area contributed by atoms with E-state index >= 15 is 0 Å². The molecule has 4 nitrogen and oxygen atoms in total. The van der Waals surface area contributed by atoms with Crippen LogP contribution in [0, 0.1) is 12.8 Å². The van der Waals surface area contributed by atoms with Crippen LogP contribution in [0.5, 0.6) is 0 Å². The fraction of sp³-hybridized carbons (Fsp3) is 0.636. The molecule has 16 heavy (non-hydrogen) atoms. The summed E-state index contributed by atoms with van der Waals surface area (Å²) in [4.78, 5) is 16.1. The van der Waals surface area contributed by atoms with E-state index in [0.717, 1.165) is 10.7 Å². The number of hydrogen-bond acceptors (Lipinski definition) is 4. The molecule has 88 valence electrons. The van der Waals surface area contributed by atoms with Crippen molar-refractivity contribution < 1.29 is 4.79 Å². The summed E-state index contributed by atoms with van der Waals surface area (Å²) in [7, 11) is 0. The molecule has 1 saturated carbocycles. The molecule has 1 aromatic rings. The van der Waals surface area contributed by atoms with Crippen molar-refractivity contribution >= 4 is 17.2 Å². The Hall–Kier alpha value is -0.940. The first-order chi connectivity index (χ1) is 7.58. The fourth-order valence-electron chi connectivity index (χ4n) is 1.61. The normalized spacial score (nSPS) is 19.2. The lowest BCUT2D eigenvalue weighted by Gasteiger charge is -2.17. The van der Waals surface area contributed by atoms with Crippen LogP contribution >= 0.6 is 11.3 Å². The number of carbonyl (C=O) groups is 1. The van der Waals surface area contributed by atoms with Gasteiger partial charge >= 0.3 is 0 Å². The number of hydrogen-bond donors (Lipinski definition) is 2. The molecule has 0 aromatic carbocycles. The van der Waals surface area contributed by atoms with Crippen molar-refractivity contribution in [3.63, 3.8) is 0 Å². The van der Waals surface area contributed by atoms with E-state index < -0.39 is 6.04 Å². The third-order valence-corrected chi connectivity index (χ3v) is 3.75. The third kappa shape index (κ3) is 2.59. The number of nitrogens with one attached hydrogen (secondary N) is 1. The quantitative estimate of drug-likeness (QED) is 0.833. The number of nitrogens with zero attached hydrogens (tertiary/aromatic N) is 1. The van der Waals surface area contributed by atoms with E-state index in [9.17, 15) is 4.79 Å². The zero-order valence-corrected chi connectivity index (χ0v) is 10.4. The van der Waals surface area contributed by atoms with Gasteiger partial charge in [-0.05, 0) is 32.6 Å². The Kier molecular flexibility index (Phi) is 3.25. The van der Waals surface area contributed by atoms with Gasteiger partial charge < -0.3 is 11.1 Å². The van der Waals surface area contributed by atoms with Gasteiger partial charge in [0.25, 0.3) is 0 Å². The number of amides is 1. The van der Waals surface area contributed by atoms with Crippen LogP contribution in [0.4, 0.5) is 0 Å². The highest BCUT2D eigenvalue weighted by molar-refractivity contribution is 7.09. The summed E-state index contributed by atoms with van der Waals surface area (Å²) in [5.41, 5.74) is 6.57. The number of aryl methyl sites for hydroxylation is 1. The zero-order chi connectivity index (χ0) is 11.7. The molecule has 3 N–H and O–H groups in total. The van der Waals surface area contributed by atoms with Crippen LogP contribution in [-0.4, -0.2) is 16.9 Å². The molecule has 1 unspecified atom stereocenters. The summed E-state index contributed by atoms with van der Waals surface area (Å²) >= 11 is 1.61. The van der Waals surface area contributed by atoms with Crippen molar-refractivity contribution in [3.8, 4) is 0 Å². The molecule has 2 atom stereocenters. The van der Waals surface area contributed by atoms with Gasteiger partial charge in [0.05, 0.1) is 12.1 Å². The number of carbonyl (C=O) groups excluding carboxylic acids is 1. The van der Waals surface area contributed by atoms with E-state index in [2.05, 4.69) is 10.3 Å². The first-order valence-electron chi connectivity index (χ1n) is 5.56. The van der Waals surface area contributed by atoms with Gasteiger partial charge in [0, 0.05) is 11.1 Å². The van der Waals surface area contributed by atoms with E-state index in [0.29, 0.717) is 5.92 Å². The molecule has 5 heteroatoms. The van der Waals surface area contributed by atoms with E-state index in [1.807, 2.05) is 12.3 Å². The highest BCUT2D eigenvalue weighted by Crippen LogP contribution is 2.41. The lowest BCUT2D eigenvalue weighted by molar-refractivity contribution is -0.122. The molecular formula is C11H17N3OS. The second kappa shape index (κ2) is 4.51. The van der Waals surface area contributed by atoms with Gasteiger partial charge in [0.15, 0.2) is 0 Å². The van der Waals surface area contributed by atoms with Crippen molar-refractivity contribution in [2.75, 3.05) is 0 Å². The molecule has 0 aliphatic heterocycles. The summed E-state index contributed by atoms with van der Waals surface area (Å²) in [6.45, 7) is 3.67. The molecule has 1 aliphatic rings. The number of nitrogens with two attached hydrogens (primary N) is 1. The van der Waals surface area contributed by atoms with Crippen molar-refractivity contribution in [1.29, 1.82) is 0 Å². The molecule has 1 amide bonds. The average Bonchev–Trinajstić information content (AvgIpc) is 2.97. The van der Waals surface area contributed by atoms with E-state index in [-0.39, 0.29) is 11.9 Å². The highest BCUT2D eigenvalue weighted by atomic mass is 32.1. The summed E-state index contributed by atoms with van der Waals surface area (Å²) in [5, 5.41) is 6.02. The Morgan fingerprint density at radius 2 is 2.38 bits per heavy atom. The molecular weight excluding hydrogens is 222 g/mol. The molecule has 1 fully saturated rings. The molecule has 0 bridgehead atoms. The van der Waals surface area contributed by atoms with Crippen molar-refractivity contribution in [1.82, 2.24) is 10.3 Å². The van der Waals surface area contributed by atoms with Crippen LogP contribution in [0.2, 0.25) is 0 Å². The number of thiazole rings is 1.